The topological polar surface area (TPSA) is 79.5 Å². The zero-order valence-corrected chi connectivity index (χ0v) is 9.71. The third kappa shape index (κ3) is 2.35. The number of fused-ring (bicyclic) bond motifs is 1. The zero-order chi connectivity index (χ0) is 12.4. The van der Waals surface area contributed by atoms with E-state index in [-0.39, 0.29) is 0 Å². The van der Waals surface area contributed by atoms with Gasteiger partial charge in [0.05, 0.1) is 11.6 Å². The van der Waals surface area contributed by atoms with Crippen LogP contribution in [0, 0.1) is 12.8 Å². The Labute approximate surface area is 98.3 Å². The van der Waals surface area contributed by atoms with Crippen molar-refractivity contribution in [2.75, 3.05) is 11.9 Å². The minimum Gasteiger partial charge on any atom is -0.481 e. The Kier molecular flexibility index (Phi) is 2.95. The fraction of sp³-hybridized carbons (Fsp3) is 0.364. The summed E-state index contributed by atoms with van der Waals surface area (Å²) in [6, 6.07) is 1.90. The van der Waals surface area contributed by atoms with Crippen molar-refractivity contribution in [2.45, 2.75) is 13.8 Å². The highest BCUT2D eigenvalue weighted by Gasteiger charge is 2.12. The summed E-state index contributed by atoms with van der Waals surface area (Å²) in [5.41, 5.74) is 1.75. The fourth-order valence-electron chi connectivity index (χ4n) is 1.52. The molecule has 1 unspecified atom stereocenters. The predicted octanol–water partition coefficient (Wildman–Crippen LogP) is 1.17. The monoisotopic (exact) mass is 234 g/mol. The number of hydrogen-bond acceptors (Lipinski definition) is 4. The van der Waals surface area contributed by atoms with Gasteiger partial charge in [0, 0.05) is 18.9 Å². The van der Waals surface area contributed by atoms with Gasteiger partial charge in [-0.3, -0.25) is 4.79 Å². The van der Waals surface area contributed by atoms with Gasteiger partial charge in [0.25, 0.3) is 0 Å². The van der Waals surface area contributed by atoms with E-state index < -0.39 is 11.9 Å². The molecule has 90 valence electrons. The second-order valence-corrected chi connectivity index (χ2v) is 4.01. The summed E-state index contributed by atoms with van der Waals surface area (Å²) in [6.45, 7) is 3.89. The molecule has 0 bridgehead atoms. The van der Waals surface area contributed by atoms with Gasteiger partial charge in [-0.05, 0) is 13.0 Å². The summed E-state index contributed by atoms with van der Waals surface area (Å²) < 4.78 is 1.72. The number of aryl methyl sites for hydroxylation is 1. The second-order valence-electron chi connectivity index (χ2n) is 4.01. The molecular formula is C11H14N4O2. The molecular weight excluding hydrogens is 220 g/mol. The molecule has 6 heteroatoms. The summed E-state index contributed by atoms with van der Waals surface area (Å²) >= 11 is 0. The number of nitrogens with one attached hydrogen (secondary N) is 1. The first-order valence-electron chi connectivity index (χ1n) is 5.35. The van der Waals surface area contributed by atoms with Gasteiger partial charge < -0.3 is 10.4 Å². The maximum atomic E-state index is 10.7. The van der Waals surface area contributed by atoms with Gasteiger partial charge in [-0.1, -0.05) is 6.92 Å². The van der Waals surface area contributed by atoms with Crippen LogP contribution in [0.3, 0.4) is 0 Å². The largest absolute Gasteiger partial charge is 0.481 e. The lowest BCUT2D eigenvalue weighted by Gasteiger charge is -2.09. The molecule has 0 aliphatic heterocycles. The van der Waals surface area contributed by atoms with E-state index in [0.29, 0.717) is 12.4 Å². The lowest BCUT2D eigenvalue weighted by atomic mass is 10.2. The fourth-order valence-corrected chi connectivity index (χ4v) is 1.52. The molecule has 6 nitrogen and oxygen atoms in total. The molecule has 2 aromatic heterocycles. The van der Waals surface area contributed by atoms with E-state index in [9.17, 15) is 4.79 Å². The van der Waals surface area contributed by atoms with Crippen LogP contribution in [0.2, 0.25) is 0 Å². The molecule has 0 aromatic carbocycles. The van der Waals surface area contributed by atoms with E-state index >= 15 is 0 Å². The number of aromatic nitrogens is 3. The summed E-state index contributed by atoms with van der Waals surface area (Å²) in [7, 11) is 0. The maximum absolute atomic E-state index is 10.7. The first-order valence-corrected chi connectivity index (χ1v) is 5.35. The van der Waals surface area contributed by atoms with Crippen molar-refractivity contribution < 1.29 is 9.90 Å². The van der Waals surface area contributed by atoms with Crippen LogP contribution in [0.15, 0.2) is 18.5 Å². The van der Waals surface area contributed by atoms with Crippen molar-refractivity contribution in [1.29, 1.82) is 0 Å². The second kappa shape index (κ2) is 4.40. The summed E-state index contributed by atoms with van der Waals surface area (Å²) in [4.78, 5) is 14.9. The molecule has 2 N–H and O–H groups in total. The predicted molar refractivity (Wildman–Crippen MR) is 63.0 cm³/mol. The Morgan fingerprint density at radius 1 is 1.65 bits per heavy atom. The highest BCUT2D eigenvalue weighted by Crippen LogP contribution is 2.14. The zero-order valence-electron chi connectivity index (χ0n) is 9.71. The first-order chi connectivity index (χ1) is 8.08. The average molecular weight is 234 g/mol. The smallest absolute Gasteiger partial charge is 0.308 e. The molecule has 0 saturated carbocycles. The normalized spacial score (nSPS) is 12.6. The number of carbonyl (C=O) groups is 1. The van der Waals surface area contributed by atoms with Gasteiger partial charge in [0.2, 0.25) is 0 Å². The van der Waals surface area contributed by atoms with Crippen LogP contribution in [0.4, 0.5) is 5.82 Å². The van der Waals surface area contributed by atoms with Crippen LogP contribution in [0.1, 0.15) is 12.6 Å². The van der Waals surface area contributed by atoms with E-state index in [1.807, 2.05) is 13.0 Å². The lowest BCUT2D eigenvalue weighted by Crippen LogP contribution is -2.20. The number of rotatable bonds is 4. The van der Waals surface area contributed by atoms with E-state index in [2.05, 4.69) is 15.4 Å². The standard InChI is InChI=1S/C11H14N4O2/c1-7(11(16)17)6-13-10-9-5-8(2)14-15(9)4-3-12-10/h3-5,7H,6H2,1-2H3,(H,12,13)(H,16,17). The molecule has 2 aromatic rings. The van der Waals surface area contributed by atoms with Crippen LogP contribution in [-0.4, -0.2) is 32.2 Å². The molecule has 0 amide bonds. The van der Waals surface area contributed by atoms with Crippen molar-refractivity contribution in [2.24, 2.45) is 5.92 Å². The number of hydrogen-bond donors (Lipinski definition) is 2. The van der Waals surface area contributed by atoms with Gasteiger partial charge >= 0.3 is 5.97 Å². The number of nitrogens with zero attached hydrogens (tertiary/aromatic N) is 3. The van der Waals surface area contributed by atoms with Gasteiger partial charge in [-0.2, -0.15) is 5.10 Å². The summed E-state index contributed by atoms with van der Waals surface area (Å²) in [5.74, 6) is -0.628. The van der Waals surface area contributed by atoms with Crippen LogP contribution in [0.5, 0.6) is 0 Å². The molecule has 2 rings (SSSR count). The summed E-state index contributed by atoms with van der Waals surface area (Å²) in [5, 5.41) is 16.1. The third-order valence-corrected chi connectivity index (χ3v) is 2.51. The average Bonchev–Trinajstić information content (AvgIpc) is 2.66. The lowest BCUT2D eigenvalue weighted by molar-refractivity contribution is -0.140. The van der Waals surface area contributed by atoms with Crippen molar-refractivity contribution >= 4 is 17.3 Å². The minimum atomic E-state index is -0.825. The molecule has 0 spiro atoms. The van der Waals surface area contributed by atoms with E-state index in [1.165, 1.54) is 0 Å². The highest BCUT2D eigenvalue weighted by molar-refractivity contribution is 5.72. The van der Waals surface area contributed by atoms with Gasteiger partial charge in [0.1, 0.15) is 5.52 Å². The number of anilines is 1. The Balaban J connectivity index is 2.21. The minimum absolute atomic E-state index is 0.340. The van der Waals surface area contributed by atoms with E-state index in [0.717, 1.165) is 11.2 Å². The van der Waals surface area contributed by atoms with Crippen LogP contribution in [-0.2, 0) is 4.79 Å². The molecule has 1 atom stereocenters. The number of carboxylic acids is 1. The third-order valence-electron chi connectivity index (χ3n) is 2.51. The van der Waals surface area contributed by atoms with E-state index in [1.54, 1.807) is 23.8 Å². The Bertz CT molecular complexity index is 549. The molecule has 0 aliphatic rings. The van der Waals surface area contributed by atoms with Crippen molar-refractivity contribution in [3.63, 3.8) is 0 Å². The van der Waals surface area contributed by atoms with Gasteiger partial charge in [-0.15, -0.1) is 0 Å². The molecule has 0 radical (unpaired) electrons. The Morgan fingerprint density at radius 3 is 3.12 bits per heavy atom. The van der Waals surface area contributed by atoms with Gasteiger partial charge in [0.15, 0.2) is 5.82 Å². The van der Waals surface area contributed by atoms with Crippen molar-refractivity contribution in [1.82, 2.24) is 14.6 Å². The Hall–Kier alpha value is -2.11. The molecule has 0 saturated heterocycles. The summed E-state index contributed by atoms with van der Waals surface area (Å²) in [6.07, 6.45) is 3.39. The van der Waals surface area contributed by atoms with Gasteiger partial charge in [-0.25, -0.2) is 9.50 Å². The maximum Gasteiger partial charge on any atom is 0.308 e. The van der Waals surface area contributed by atoms with Crippen molar-refractivity contribution in [3.8, 4) is 0 Å². The SMILES string of the molecule is Cc1cc2c(NCC(C)C(=O)O)nccn2n1. The van der Waals surface area contributed by atoms with Crippen LogP contribution >= 0.6 is 0 Å². The van der Waals surface area contributed by atoms with Crippen LogP contribution in [0.25, 0.3) is 5.52 Å². The highest BCUT2D eigenvalue weighted by atomic mass is 16.4. The van der Waals surface area contributed by atoms with Crippen molar-refractivity contribution in [3.05, 3.63) is 24.2 Å². The Morgan fingerprint density at radius 2 is 2.41 bits per heavy atom. The number of aliphatic carboxylic acids is 1. The first kappa shape index (κ1) is 11.4. The quantitative estimate of drug-likeness (QED) is 0.830. The van der Waals surface area contributed by atoms with Crippen LogP contribution < -0.4 is 5.32 Å². The molecule has 0 fully saturated rings. The number of carboxylic acid groups (broad SMARTS) is 1. The molecule has 2 heterocycles. The molecule has 0 aliphatic carbocycles. The molecule has 17 heavy (non-hydrogen) atoms. The van der Waals surface area contributed by atoms with E-state index in [4.69, 9.17) is 5.11 Å².